The molecule has 0 bridgehead atoms. The van der Waals surface area contributed by atoms with E-state index < -0.39 is 0 Å². The van der Waals surface area contributed by atoms with Crippen LogP contribution in [0.3, 0.4) is 0 Å². The van der Waals surface area contributed by atoms with Gasteiger partial charge in [0, 0.05) is 31.3 Å². The Morgan fingerprint density at radius 3 is 2.54 bits per heavy atom. The van der Waals surface area contributed by atoms with E-state index in [2.05, 4.69) is 4.98 Å². The van der Waals surface area contributed by atoms with Crippen LogP contribution in [0.4, 0.5) is 0 Å². The Balaban J connectivity index is 1.98. The fourth-order valence-corrected chi connectivity index (χ4v) is 4.02. The number of ether oxygens (including phenoxy) is 2. The predicted octanol–water partition coefficient (Wildman–Crippen LogP) is 2.00. The van der Waals surface area contributed by atoms with E-state index in [9.17, 15) is 14.7 Å². The number of benzene rings is 1. The van der Waals surface area contributed by atoms with Gasteiger partial charge in [-0.3, -0.25) is 9.59 Å². The minimum atomic E-state index is -0.384. The number of rotatable bonds is 8. The van der Waals surface area contributed by atoms with Crippen molar-refractivity contribution in [1.29, 1.82) is 0 Å². The first-order valence-electron chi connectivity index (χ1n) is 11.8. The fraction of sp³-hybridized carbons (Fsp3) is 0.500. The summed E-state index contributed by atoms with van der Waals surface area (Å²) in [4.78, 5) is 35.8. The molecule has 1 aliphatic rings. The monoisotopic (exact) mass is 484 g/mol. The molecule has 2 aromatic rings. The van der Waals surface area contributed by atoms with E-state index in [1.54, 1.807) is 36.2 Å². The Labute approximate surface area is 207 Å². The Morgan fingerprint density at radius 2 is 1.94 bits per heavy atom. The minimum Gasteiger partial charge on any atom is -0.497 e. The second-order valence-corrected chi connectivity index (χ2v) is 9.44. The zero-order valence-corrected chi connectivity index (χ0v) is 21.4. The van der Waals surface area contributed by atoms with Gasteiger partial charge in [0.25, 0.3) is 5.91 Å². The van der Waals surface area contributed by atoms with Crippen LogP contribution in [0.1, 0.15) is 24.2 Å². The molecule has 2 heterocycles. The van der Waals surface area contributed by atoms with E-state index in [1.165, 1.54) is 0 Å². The van der Waals surface area contributed by atoms with Crippen molar-refractivity contribution < 1.29 is 24.2 Å². The molecule has 1 aromatic carbocycles. The number of hydrogen-bond acceptors (Lipinski definition) is 7. The summed E-state index contributed by atoms with van der Waals surface area (Å²) >= 11 is 0. The zero-order valence-electron chi connectivity index (χ0n) is 21.4. The van der Waals surface area contributed by atoms with Crippen molar-refractivity contribution in [3.63, 3.8) is 0 Å². The number of pyridine rings is 1. The molecular formula is C26H36N4O5. The van der Waals surface area contributed by atoms with Crippen molar-refractivity contribution in [2.24, 2.45) is 5.92 Å². The third-order valence-electron chi connectivity index (χ3n) is 6.28. The summed E-state index contributed by atoms with van der Waals surface area (Å²) < 4.78 is 11.5. The first kappa shape index (κ1) is 26.4. The molecule has 0 saturated carbocycles. The van der Waals surface area contributed by atoms with Crippen LogP contribution in [-0.2, 0) is 4.79 Å². The average molecular weight is 485 g/mol. The highest BCUT2D eigenvalue weighted by molar-refractivity contribution is 5.98. The van der Waals surface area contributed by atoms with Gasteiger partial charge in [0.05, 0.1) is 32.8 Å². The molecule has 2 amide bonds. The molecule has 0 saturated heterocycles. The minimum absolute atomic E-state index is 0.0208. The molecule has 1 aliphatic heterocycles. The van der Waals surface area contributed by atoms with Crippen LogP contribution in [0.2, 0.25) is 0 Å². The topological polar surface area (TPSA) is 95.4 Å². The maximum absolute atomic E-state index is 13.6. The van der Waals surface area contributed by atoms with E-state index in [-0.39, 0.29) is 42.4 Å². The van der Waals surface area contributed by atoms with Crippen LogP contribution in [0.25, 0.3) is 11.1 Å². The summed E-state index contributed by atoms with van der Waals surface area (Å²) in [6.45, 7) is 4.67. The maximum Gasteiger partial charge on any atom is 0.259 e. The van der Waals surface area contributed by atoms with E-state index in [4.69, 9.17) is 9.47 Å². The highest BCUT2D eigenvalue weighted by atomic mass is 16.5. The van der Waals surface area contributed by atoms with Gasteiger partial charge in [-0.25, -0.2) is 4.98 Å². The first-order chi connectivity index (χ1) is 16.6. The highest BCUT2D eigenvalue weighted by Gasteiger charge is 2.34. The van der Waals surface area contributed by atoms with E-state index in [0.29, 0.717) is 25.2 Å². The molecule has 9 nitrogen and oxygen atoms in total. The van der Waals surface area contributed by atoms with Gasteiger partial charge in [-0.05, 0) is 44.8 Å². The number of likely N-dealkylation sites (N-methyl/N-ethyl adjacent to an activating group) is 2. The summed E-state index contributed by atoms with van der Waals surface area (Å²) in [5.41, 5.74) is 1.98. The third-order valence-corrected chi connectivity index (χ3v) is 6.28. The molecule has 0 spiro atoms. The molecule has 0 unspecified atom stereocenters. The molecule has 1 N–H and O–H groups in total. The van der Waals surface area contributed by atoms with Gasteiger partial charge in [0.15, 0.2) is 0 Å². The van der Waals surface area contributed by atoms with Crippen LogP contribution < -0.4 is 9.47 Å². The number of amides is 2. The van der Waals surface area contributed by atoms with E-state index in [1.807, 2.05) is 57.1 Å². The van der Waals surface area contributed by atoms with Gasteiger partial charge in [-0.15, -0.1) is 0 Å². The molecule has 3 rings (SSSR count). The molecule has 0 aliphatic carbocycles. The van der Waals surface area contributed by atoms with Crippen molar-refractivity contribution in [3.8, 4) is 22.8 Å². The van der Waals surface area contributed by atoms with Gasteiger partial charge in [-0.1, -0.05) is 19.1 Å². The Hall–Kier alpha value is -3.17. The van der Waals surface area contributed by atoms with Crippen LogP contribution in [0, 0.1) is 5.92 Å². The lowest BCUT2D eigenvalue weighted by molar-refractivity contribution is -0.132. The SMILES string of the molecule is COc1ccc(-c2cnc3c(c2)C(=O)N([C@@H](C)CO)C[C@@H](C)[C@H](CN(C)C(=O)CN(C)C)O3)cc1. The lowest BCUT2D eigenvalue weighted by Crippen LogP contribution is -2.51. The van der Waals surface area contributed by atoms with Crippen molar-refractivity contribution >= 4 is 11.8 Å². The van der Waals surface area contributed by atoms with Gasteiger partial charge in [-0.2, -0.15) is 0 Å². The Morgan fingerprint density at radius 1 is 1.26 bits per heavy atom. The number of fused-ring (bicyclic) bond motifs is 1. The van der Waals surface area contributed by atoms with Crippen LogP contribution in [-0.4, -0.2) is 103 Å². The summed E-state index contributed by atoms with van der Waals surface area (Å²) in [7, 11) is 7.06. The Kier molecular flexibility index (Phi) is 8.69. The molecule has 0 fully saturated rings. The smallest absolute Gasteiger partial charge is 0.259 e. The molecule has 0 radical (unpaired) electrons. The van der Waals surface area contributed by atoms with Gasteiger partial charge in [0.1, 0.15) is 17.4 Å². The average Bonchev–Trinajstić information content (AvgIpc) is 2.85. The van der Waals surface area contributed by atoms with Crippen molar-refractivity contribution in [3.05, 3.63) is 42.1 Å². The number of hydrogen-bond donors (Lipinski definition) is 1. The summed E-state index contributed by atoms with van der Waals surface area (Å²) in [6.07, 6.45) is 1.29. The number of methoxy groups -OCH3 is 1. The summed E-state index contributed by atoms with van der Waals surface area (Å²) in [5, 5.41) is 9.84. The number of carbonyl (C=O) groups is 2. The van der Waals surface area contributed by atoms with Crippen LogP contribution >= 0.6 is 0 Å². The molecule has 9 heteroatoms. The van der Waals surface area contributed by atoms with Gasteiger partial charge in [0.2, 0.25) is 11.8 Å². The molecule has 190 valence electrons. The van der Waals surface area contributed by atoms with Gasteiger partial charge >= 0.3 is 0 Å². The summed E-state index contributed by atoms with van der Waals surface area (Å²) in [6, 6.07) is 8.90. The number of aliphatic hydroxyl groups is 1. The molecule has 1 aromatic heterocycles. The first-order valence-corrected chi connectivity index (χ1v) is 11.8. The number of carbonyl (C=O) groups excluding carboxylic acids is 2. The standard InChI is InChI=1S/C26H36N4O5/c1-17-13-30(18(2)16-31)26(33)22-11-20(19-7-9-21(34-6)10-8-19)12-27-25(22)35-23(17)14-29(5)24(32)15-28(3)4/h7-12,17-18,23,31H,13-16H2,1-6H3/t17-,18+,23+/m1/s1. The van der Waals surface area contributed by atoms with Crippen molar-refractivity contribution in [1.82, 2.24) is 19.7 Å². The lowest BCUT2D eigenvalue weighted by atomic mass is 9.99. The zero-order chi connectivity index (χ0) is 25.7. The summed E-state index contributed by atoms with van der Waals surface area (Å²) in [5.74, 6) is 0.602. The van der Waals surface area contributed by atoms with E-state index in [0.717, 1.165) is 16.9 Å². The van der Waals surface area contributed by atoms with Crippen molar-refractivity contribution in [2.45, 2.75) is 26.0 Å². The lowest BCUT2D eigenvalue weighted by Gasteiger charge is -2.37. The third kappa shape index (κ3) is 6.29. The fourth-order valence-electron chi connectivity index (χ4n) is 4.02. The second-order valence-electron chi connectivity index (χ2n) is 9.44. The van der Waals surface area contributed by atoms with Crippen LogP contribution in [0.15, 0.2) is 36.5 Å². The second kappa shape index (κ2) is 11.5. The number of aromatic nitrogens is 1. The quantitative estimate of drug-likeness (QED) is 0.612. The largest absolute Gasteiger partial charge is 0.497 e. The molecular weight excluding hydrogens is 448 g/mol. The molecule has 3 atom stereocenters. The Bertz CT molecular complexity index is 1030. The van der Waals surface area contributed by atoms with Crippen LogP contribution in [0.5, 0.6) is 11.6 Å². The van der Waals surface area contributed by atoms with Gasteiger partial charge < -0.3 is 29.3 Å². The maximum atomic E-state index is 13.6. The number of nitrogens with zero attached hydrogens (tertiary/aromatic N) is 4. The highest BCUT2D eigenvalue weighted by Crippen LogP contribution is 2.31. The normalized spacial score (nSPS) is 18.9. The predicted molar refractivity (Wildman–Crippen MR) is 134 cm³/mol. The van der Waals surface area contributed by atoms with Crippen molar-refractivity contribution in [2.75, 3.05) is 54.5 Å². The van der Waals surface area contributed by atoms with E-state index >= 15 is 0 Å². The molecule has 35 heavy (non-hydrogen) atoms. The number of aliphatic hydroxyl groups excluding tert-OH is 1.